The van der Waals surface area contributed by atoms with Gasteiger partial charge in [-0.05, 0) is 103 Å². The first-order chi connectivity index (χ1) is 17.6. The molecule has 0 spiro atoms. The van der Waals surface area contributed by atoms with Gasteiger partial charge in [-0.25, -0.2) is 0 Å². The van der Waals surface area contributed by atoms with Crippen LogP contribution in [0.25, 0.3) is 0 Å². The van der Waals surface area contributed by atoms with Crippen molar-refractivity contribution >= 4 is 23.4 Å². The summed E-state index contributed by atoms with van der Waals surface area (Å²) in [5, 5.41) is 3.07. The van der Waals surface area contributed by atoms with Crippen LogP contribution in [0.4, 0.5) is 5.69 Å². The topological polar surface area (TPSA) is 32.3 Å². The molecule has 3 aromatic rings. The predicted octanol–water partition coefficient (Wildman–Crippen LogP) is 8.42. The van der Waals surface area contributed by atoms with Crippen LogP contribution in [0.5, 0.6) is 0 Å². The Morgan fingerprint density at radius 2 is 1.54 bits per heavy atom. The van der Waals surface area contributed by atoms with Gasteiger partial charge in [-0.2, -0.15) is 0 Å². The number of anilines is 1. The van der Waals surface area contributed by atoms with Crippen molar-refractivity contribution in [1.29, 1.82) is 0 Å². The van der Waals surface area contributed by atoms with Crippen molar-refractivity contribution in [1.82, 2.24) is 4.90 Å². The zero-order chi connectivity index (χ0) is 26.6. The van der Waals surface area contributed by atoms with Crippen LogP contribution in [-0.2, 0) is 16.8 Å². The van der Waals surface area contributed by atoms with E-state index in [-0.39, 0.29) is 17.2 Å². The van der Waals surface area contributed by atoms with Gasteiger partial charge >= 0.3 is 0 Å². The number of hydrogen-bond acceptors (Lipinski definition) is 3. The lowest BCUT2D eigenvalue weighted by molar-refractivity contribution is -0.118. The van der Waals surface area contributed by atoms with Gasteiger partial charge in [0.1, 0.15) is 0 Å². The van der Waals surface area contributed by atoms with Crippen LogP contribution in [0.15, 0.2) is 76.5 Å². The van der Waals surface area contributed by atoms with E-state index in [0.29, 0.717) is 5.92 Å². The van der Waals surface area contributed by atoms with Crippen molar-refractivity contribution in [2.45, 2.75) is 82.1 Å². The Hall–Kier alpha value is -2.56. The van der Waals surface area contributed by atoms with Crippen LogP contribution >= 0.6 is 11.8 Å². The molecule has 0 radical (unpaired) electrons. The highest BCUT2D eigenvalue weighted by atomic mass is 32.2. The number of rotatable bonds is 7. The smallest absolute Gasteiger partial charge is 0.226 e. The van der Waals surface area contributed by atoms with E-state index in [0.717, 1.165) is 38.2 Å². The van der Waals surface area contributed by atoms with Crippen LogP contribution in [0.1, 0.15) is 75.6 Å². The molecule has 1 aliphatic heterocycles. The maximum Gasteiger partial charge on any atom is 0.226 e. The summed E-state index contributed by atoms with van der Waals surface area (Å²) in [6.45, 7) is 16.0. The van der Waals surface area contributed by atoms with Gasteiger partial charge in [0, 0.05) is 27.9 Å². The molecule has 1 heterocycles. The van der Waals surface area contributed by atoms with E-state index in [2.05, 4.69) is 98.6 Å². The summed E-state index contributed by atoms with van der Waals surface area (Å²) in [5.74, 6) is 0.615. The normalized spacial score (nSPS) is 15.2. The fraction of sp³-hybridized carbons (Fsp3) is 0.424. The van der Waals surface area contributed by atoms with Crippen LogP contribution < -0.4 is 5.32 Å². The molecule has 0 aliphatic carbocycles. The third kappa shape index (κ3) is 7.49. The maximum atomic E-state index is 12.1. The number of carbonyl (C=O) groups excluding carboxylic acids is 1. The maximum absolute atomic E-state index is 12.1. The van der Waals surface area contributed by atoms with E-state index >= 15 is 0 Å². The molecule has 1 aliphatic rings. The second kappa shape index (κ2) is 11.9. The first-order valence-electron chi connectivity index (χ1n) is 13.6. The summed E-state index contributed by atoms with van der Waals surface area (Å²) in [5.41, 5.74) is 6.56. The lowest BCUT2D eigenvalue weighted by Crippen LogP contribution is -2.32. The highest BCUT2D eigenvalue weighted by molar-refractivity contribution is 7.99. The van der Waals surface area contributed by atoms with Gasteiger partial charge in [0.2, 0.25) is 5.91 Å². The molecule has 37 heavy (non-hydrogen) atoms. The summed E-state index contributed by atoms with van der Waals surface area (Å²) < 4.78 is 0. The summed E-state index contributed by atoms with van der Waals surface area (Å²) >= 11 is 1.83. The quantitative estimate of drug-likeness (QED) is 0.343. The third-order valence-corrected chi connectivity index (χ3v) is 8.40. The number of carbonyl (C=O) groups is 1. The molecule has 0 unspecified atom stereocenters. The highest BCUT2D eigenvalue weighted by Crippen LogP contribution is 2.33. The molecule has 0 atom stereocenters. The number of aryl methyl sites for hydroxylation is 1. The van der Waals surface area contributed by atoms with E-state index < -0.39 is 0 Å². The lowest BCUT2D eigenvalue weighted by Gasteiger charge is -2.33. The molecule has 1 fully saturated rings. The SMILES string of the molecule is Cc1ccc(NC(=O)C(C)C)cc1C1CCN(Cc2ccc(Sc3ccc(C(C)(C)C)cc3)cc2)CC1. The average Bonchev–Trinajstić information content (AvgIpc) is 2.86. The number of amides is 1. The Labute approximate surface area is 228 Å². The zero-order valence-electron chi connectivity index (χ0n) is 23.3. The summed E-state index contributed by atoms with van der Waals surface area (Å²) in [6, 6.07) is 24.4. The molecule has 4 heteroatoms. The molecule has 3 aromatic carbocycles. The molecule has 4 rings (SSSR count). The fourth-order valence-electron chi connectivity index (χ4n) is 4.93. The Morgan fingerprint density at radius 3 is 2.11 bits per heavy atom. The van der Waals surface area contributed by atoms with Crippen molar-refractivity contribution in [3.05, 3.63) is 89.0 Å². The van der Waals surface area contributed by atoms with Gasteiger partial charge in [-0.15, -0.1) is 0 Å². The molecule has 3 nitrogen and oxygen atoms in total. The molecule has 1 amide bonds. The Kier molecular flexibility index (Phi) is 8.82. The number of likely N-dealkylation sites (tertiary alicyclic amines) is 1. The largest absolute Gasteiger partial charge is 0.326 e. The first kappa shape index (κ1) is 27.5. The second-order valence-electron chi connectivity index (χ2n) is 11.8. The van der Waals surface area contributed by atoms with Gasteiger partial charge in [0.05, 0.1) is 0 Å². The summed E-state index contributed by atoms with van der Waals surface area (Å²) in [6.07, 6.45) is 2.31. The van der Waals surface area contributed by atoms with Gasteiger partial charge < -0.3 is 5.32 Å². The van der Waals surface area contributed by atoms with Crippen LogP contribution in [-0.4, -0.2) is 23.9 Å². The Balaban J connectivity index is 1.30. The van der Waals surface area contributed by atoms with E-state index in [1.807, 2.05) is 31.7 Å². The van der Waals surface area contributed by atoms with Crippen molar-refractivity contribution in [2.24, 2.45) is 5.92 Å². The molecular weight excluding hydrogens is 472 g/mol. The molecule has 196 valence electrons. The summed E-state index contributed by atoms with van der Waals surface area (Å²) in [7, 11) is 0. The molecule has 0 aromatic heterocycles. The Bertz CT molecular complexity index is 1180. The minimum Gasteiger partial charge on any atom is -0.326 e. The van der Waals surface area contributed by atoms with Crippen LogP contribution in [0, 0.1) is 12.8 Å². The number of hydrogen-bond donors (Lipinski definition) is 1. The van der Waals surface area contributed by atoms with Crippen molar-refractivity contribution < 1.29 is 4.79 Å². The van der Waals surface area contributed by atoms with Crippen LogP contribution in [0.3, 0.4) is 0 Å². The molecule has 1 saturated heterocycles. The minimum atomic E-state index is -0.0133. The van der Waals surface area contributed by atoms with E-state index in [4.69, 9.17) is 0 Å². The van der Waals surface area contributed by atoms with Gasteiger partial charge in [-0.3, -0.25) is 9.69 Å². The number of nitrogens with zero attached hydrogens (tertiary/aromatic N) is 1. The summed E-state index contributed by atoms with van der Waals surface area (Å²) in [4.78, 5) is 17.3. The van der Waals surface area contributed by atoms with Crippen molar-refractivity contribution in [2.75, 3.05) is 18.4 Å². The average molecular weight is 515 g/mol. The van der Waals surface area contributed by atoms with Crippen LogP contribution in [0.2, 0.25) is 0 Å². The van der Waals surface area contributed by atoms with Gasteiger partial charge in [-0.1, -0.05) is 76.7 Å². The number of benzene rings is 3. The van der Waals surface area contributed by atoms with E-state index in [1.165, 1.54) is 32.0 Å². The predicted molar refractivity (Wildman–Crippen MR) is 158 cm³/mol. The highest BCUT2D eigenvalue weighted by Gasteiger charge is 2.22. The molecule has 1 N–H and O–H groups in total. The van der Waals surface area contributed by atoms with Crippen molar-refractivity contribution in [3.63, 3.8) is 0 Å². The van der Waals surface area contributed by atoms with E-state index in [1.54, 1.807) is 0 Å². The minimum absolute atomic E-state index is 0.0133. The van der Waals surface area contributed by atoms with E-state index in [9.17, 15) is 4.79 Å². The van der Waals surface area contributed by atoms with Gasteiger partial charge in [0.25, 0.3) is 0 Å². The number of piperidine rings is 1. The molecule has 0 saturated carbocycles. The number of nitrogens with one attached hydrogen (secondary N) is 1. The molecule has 0 bridgehead atoms. The van der Waals surface area contributed by atoms with Gasteiger partial charge in [0.15, 0.2) is 0 Å². The molecular formula is C33H42N2OS. The fourth-order valence-corrected chi connectivity index (χ4v) is 5.74. The third-order valence-electron chi connectivity index (χ3n) is 7.38. The lowest BCUT2D eigenvalue weighted by atomic mass is 9.86. The zero-order valence-corrected chi connectivity index (χ0v) is 24.1. The first-order valence-corrected chi connectivity index (χ1v) is 14.4. The monoisotopic (exact) mass is 514 g/mol. The van der Waals surface area contributed by atoms with Crippen molar-refractivity contribution in [3.8, 4) is 0 Å². The standard InChI is InChI=1S/C33H42N2OS/c1-23(2)32(36)34-28-12-7-24(3)31(21-28)26-17-19-35(20-18-26)22-25-8-13-29(14-9-25)37-30-15-10-27(11-16-30)33(4,5)6/h7-16,21,23,26H,17-20,22H2,1-6H3,(H,34,36). The Morgan fingerprint density at radius 1 is 0.946 bits per heavy atom. The second-order valence-corrected chi connectivity index (χ2v) is 12.9.